The van der Waals surface area contributed by atoms with Crippen LogP contribution in [0.25, 0.3) is 0 Å². The molecule has 0 bridgehead atoms. The van der Waals surface area contributed by atoms with Gasteiger partial charge in [0.2, 0.25) is 0 Å². The number of imidazole rings is 1. The van der Waals surface area contributed by atoms with E-state index in [0.29, 0.717) is 17.9 Å². The Kier molecular flexibility index (Phi) is 3.88. The first-order valence-electron chi connectivity index (χ1n) is 7.56. The van der Waals surface area contributed by atoms with E-state index in [1.807, 2.05) is 12.4 Å². The van der Waals surface area contributed by atoms with Crippen molar-refractivity contribution < 1.29 is 0 Å². The average molecular weight is 269 g/mol. The molecule has 1 aromatic carbocycles. The van der Waals surface area contributed by atoms with Gasteiger partial charge in [0.15, 0.2) is 0 Å². The maximum atomic E-state index is 4.56. The van der Waals surface area contributed by atoms with E-state index in [-0.39, 0.29) is 0 Å². The summed E-state index contributed by atoms with van der Waals surface area (Å²) in [4.78, 5) is 4.56. The second-order valence-electron chi connectivity index (χ2n) is 5.74. The Balaban J connectivity index is 1.77. The van der Waals surface area contributed by atoms with Gasteiger partial charge in [-0.15, -0.1) is 0 Å². The van der Waals surface area contributed by atoms with Crippen molar-refractivity contribution in [3.05, 3.63) is 54.1 Å². The normalized spacial score (nSPS) is 22.7. The highest BCUT2D eigenvalue weighted by Gasteiger charge is 2.45. The molecule has 1 heterocycles. The van der Waals surface area contributed by atoms with Crippen molar-refractivity contribution in [1.29, 1.82) is 0 Å². The summed E-state index contributed by atoms with van der Waals surface area (Å²) in [5, 5.41) is 3.69. The van der Waals surface area contributed by atoms with Crippen molar-refractivity contribution in [2.45, 2.75) is 31.7 Å². The van der Waals surface area contributed by atoms with E-state index in [4.69, 9.17) is 0 Å². The van der Waals surface area contributed by atoms with Crippen molar-refractivity contribution >= 4 is 0 Å². The van der Waals surface area contributed by atoms with E-state index < -0.39 is 0 Å². The fourth-order valence-corrected chi connectivity index (χ4v) is 3.08. The van der Waals surface area contributed by atoms with E-state index in [2.05, 4.69) is 59.2 Å². The fourth-order valence-electron chi connectivity index (χ4n) is 3.08. The number of hydrogen-bond acceptors (Lipinski definition) is 2. The lowest BCUT2D eigenvalue weighted by molar-refractivity contribution is 0.441. The first-order valence-corrected chi connectivity index (χ1v) is 7.56. The quantitative estimate of drug-likeness (QED) is 0.872. The van der Waals surface area contributed by atoms with Gasteiger partial charge in [0, 0.05) is 19.4 Å². The molecule has 3 atom stereocenters. The molecule has 3 unspecified atom stereocenters. The highest BCUT2D eigenvalue weighted by Crippen LogP contribution is 2.53. The minimum absolute atomic E-state index is 0.375. The van der Waals surface area contributed by atoms with Gasteiger partial charge in [0.1, 0.15) is 5.82 Å². The van der Waals surface area contributed by atoms with Gasteiger partial charge >= 0.3 is 0 Å². The molecule has 1 fully saturated rings. The van der Waals surface area contributed by atoms with Crippen LogP contribution in [0.1, 0.15) is 43.1 Å². The molecule has 0 radical (unpaired) electrons. The van der Waals surface area contributed by atoms with E-state index in [9.17, 15) is 0 Å². The van der Waals surface area contributed by atoms with Gasteiger partial charge in [0.05, 0.1) is 6.04 Å². The maximum Gasteiger partial charge on any atom is 0.125 e. The summed E-state index contributed by atoms with van der Waals surface area (Å²) >= 11 is 0. The lowest BCUT2D eigenvalue weighted by atomic mass is 10.0. The molecule has 1 aliphatic carbocycles. The summed E-state index contributed by atoms with van der Waals surface area (Å²) in [5.41, 5.74) is 1.47. The number of rotatable bonds is 6. The molecule has 1 saturated carbocycles. The number of nitrogens with zero attached hydrogens (tertiary/aromatic N) is 2. The largest absolute Gasteiger partial charge is 0.337 e. The molecule has 0 spiro atoms. The molecule has 0 saturated heterocycles. The lowest BCUT2D eigenvalue weighted by Gasteiger charge is -2.18. The first-order chi connectivity index (χ1) is 9.81. The summed E-state index contributed by atoms with van der Waals surface area (Å²) in [6, 6.07) is 11.2. The molecule has 3 heteroatoms. The standard InChI is InChI=1S/C17H23N3/c1-3-9-18-16(17-19-10-11-20(17)2)15-12-14(15)13-7-5-4-6-8-13/h4-8,10-11,14-16,18H,3,9,12H2,1-2H3. The van der Waals surface area contributed by atoms with Crippen LogP contribution in [0, 0.1) is 5.92 Å². The third-order valence-electron chi connectivity index (χ3n) is 4.25. The summed E-state index contributed by atoms with van der Waals surface area (Å²) in [6.45, 7) is 3.26. The Morgan fingerprint density at radius 3 is 2.80 bits per heavy atom. The third-order valence-corrected chi connectivity index (χ3v) is 4.25. The summed E-state index contributed by atoms with van der Waals surface area (Å²) in [6.07, 6.45) is 6.35. The molecule has 1 N–H and O–H groups in total. The molecule has 1 aliphatic rings. The molecule has 0 aliphatic heterocycles. The van der Waals surface area contributed by atoms with Crippen molar-refractivity contribution in [2.75, 3.05) is 6.54 Å². The van der Waals surface area contributed by atoms with Gasteiger partial charge in [-0.2, -0.15) is 0 Å². The van der Waals surface area contributed by atoms with Gasteiger partial charge in [-0.3, -0.25) is 0 Å². The van der Waals surface area contributed by atoms with Gasteiger partial charge in [0.25, 0.3) is 0 Å². The number of aryl methyl sites for hydroxylation is 1. The van der Waals surface area contributed by atoms with Gasteiger partial charge in [-0.25, -0.2) is 4.98 Å². The van der Waals surface area contributed by atoms with Crippen LogP contribution in [0.2, 0.25) is 0 Å². The minimum atomic E-state index is 0.375. The van der Waals surface area contributed by atoms with Crippen molar-refractivity contribution in [2.24, 2.45) is 13.0 Å². The average Bonchev–Trinajstić information content (AvgIpc) is 3.16. The molecule has 3 nitrogen and oxygen atoms in total. The van der Waals surface area contributed by atoms with Crippen LogP contribution in [0.15, 0.2) is 42.7 Å². The zero-order valence-electron chi connectivity index (χ0n) is 12.3. The van der Waals surface area contributed by atoms with E-state index in [1.165, 1.54) is 17.8 Å². The second-order valence-corrected chi connectivity index (χ2v) is 5.74. The molecular formula is C17H23N3. The van der Waals surface area contributed by atoms with Crippen LogP contribution >= 0.6 is 0 Å². The number of aromatic nitrogens is 2. The molecule has 1 aromatic heterocycles. The highest BCUT2D eigenvalue weighted by atomic mass is 15.1. The summed E-state index contributed by atoms with van der Waals surface area (Å²) in [7, 11) is 2.09. The third kappa shape index (κ3) is 2.63. The maximum absolute atomic E-state index is 4.56. The monoisotopic (exact) mass is 269 g/mol. The smallest absolute Gasteiger partial charge is 0.125 e. The zero-order valence-corrected chi connectivity index (χ0v) is 12.3. The molecular weight excluding hydrogens is 246 g/mol. The van der Waals surface area contributed by atoms with Gasteiger partial charge < -0.3 is 9.88 Å². The summed E-state index contributed by atoms with van der Waals surface area (Å²) < 4.78 is 2.15. The zero-order chi connectivity index (χ0) is 13.9. The van der Waals surface area contributed by atoms with E-state index >= 15 is 0 Å². The molecule has 20 heavy (non-hydrogen) atoms. The van der Waals surface area contributed by atoms with Crippen LogP contribution in [0.4, 0.5) is 0 Å². The van der Waals surface area contributed by atoms with E-state index in [0.717, 1.165) is 13.0 Å². The number of benzene rings is 1. The fraction of sp³-hybridized carbons (Fsp3) is 0.471. The molecule has 2 aromatic rings. The Bertz CT molecular complexity index is 546. The molecule has 106 valence electrons. The Morgan fingerprint density at radius 2 is 2.15 bits per heavy atom. The van der Waals surface area contributed by atoms with E-state index in [1.54, 1.807) is 0 Å². The van der Waals surface area contributed by atoms with Crippen LogP contribution in [0.5, 0.6) is 0 Å². The van der Waals surface area contributed by atoms with Crippen LogP contribution < -0.4 is 5.32 Å². The second kappa shape index (κ2) is 5.80. The number of nitrogens with one attached hydrogen (secondary N) is 1. The Morgan fingerprint density at radius 1 is 1.35 bits per heavy atom. The van der Waals surface area contributed by atoms with Gasteiger partial charge in [-0.05, 0) is 36.8 Å². The predicted octanol–water partition coefficient (Wildman–Crippen LogP) is 3.26. The molecule has 3 rings (SSSR count). The van der Waals surface area contributed by atoms with Crippen LogP contribution in [-0.2, 0) is 7.05 Å². The number of hydrogen-bond donors (Lipinski definition) is 1. The Labute approximate surface area is 121 Å². The first kappa shape index (κ1) is 13.4. The highest BCUT2D eigenvalue weighted by molar-refractivity contribution is 5.27. The van der Waals surface area contributed by atoms with Crippen molar-refractivity contribution in [3.8, 4) is 0 Å². The lowest BCUT2D eigenvalue weighted by Crippen LogP contribution is -2.27. The SMILES string of the molecule is CCCNC(c1nccn1C)C1CC1c1ccccc1. The van der Waals surface area contributed by atoms with Crippen LogP contribution in [0.3, 0.4) is 0 Å². The Hall–Kier alpha value is -1.61. The van der Waals surface area contributed by atoms with Crippen LogP contribution in [-0.4, -0.2) is 16.1 Å². The minimum Gasteiger partial charge on any atom is -0.337 e. The van der Waals surface area contributed by atoms with Gasteiger partial charge in [-0.1, -0.05) is 37.3 Å². The topological polar surface area (TPSA) is 29.9 Å². The summed E-state index contributed by atoms with van der Waals surface area (Å²) in [5.74, 6) is 2.52. The van der Waals surface area contributed by atoms with Crippen molar-refractivity contribution in [3.63, 3.8) is 0 Å². The molecule has 0 amide bonds. The predicted molar refractivity (Wildman–Crippen MR) is 81.5 cm³/mol. The van der Waals surface area contributed by atoms with Crippen molar-refractivity contribution in [1.82, 2.24) is 14.9 Å².